The Morgan fingerprint density at radius 3 is 1.66 bits per heavy atom. The van der Waals surface area contributed by atoms with Crippen molar-refractivity contribution < 1.29 is 102 Å². The van der Waals surface area contributed by atoms with E-state index in [-0.39, 0.29) is 12.2 Å². The molecule has 0 amide bonds. The molecule has 86 heavy (non-hydrogen) atoms. The van der Waals surface area contributed by atoms with Crippen molar-refractivity contribution >= 4 is 157 Å². The van der Waals surface area contributed by atoms with Gasteiger partial charge in [-0.05, 0) is 72.8 Å². The Bertz CT molecular complexity index is 5210. The molecule has 0 bridgehead atoms. The van der Waals surface area contributed by atoms with E-state index in [0.717, 1.165) is 60.7 Å². The number of carbonyl (C=O) groups is 1. The first-order valence-corrected chi connectivity index (χ1v) is 30.9. The second-order valence-electron chi connectivity index (χ2n) is 16.7. The number of halogens is 1. The lowest BCUT2D eigenvalue weighted by atomic mass is 10.1. The summed E-state index contributed by atoms with van der Waals surface area (Å²) in [5.74, 6) is -3.18. The number of nitrogens with zero attached hydrogens (tertiary/aromatic N) is 10. The Balaban J connectivity index is 1.20. The quantitative estimate of drug-likeness (QED) is 0.00981. The van der Waals surface area contributed by atoms with Crippen LogP contribution in [-0.2, 0) is 65.5 Å². The first kappa shape index (κ1) is 62.5. The average molecular weight is 1330 g/mol. The fourth-order valence-corrected chi connectivity index (χ4v) is 12.0. The maximum atomic E-state index is 13.4. The largest absolute Gasteiger partial charge is 0.505 e. The minimum atomic E-state index is -5.72. The number of nitrogens with two attached hydrogens (primary N) is 1. The van der Waals surface area contributed by atoms with Gasteiger partial charge in [0.05, 0.1) is 37.3 Å². The second-order valence-corrected chi connectivity index (χ2v) is 25.5. The molecular formula is C42H27ClN12O25S6. The zero-order valence-electron chi connectivity index (χ0n) is 41.1. The van der Waals surface area contributed by atoms with E-state index in [2.05, 4.69) is 46.0 Å². The first-order chi connectivity index (χ1) is 39.8. The molecule has 0 radical (unpaired) electrons. The standard InChI is InChI=1S/C42H27ClN12O25S6/c43-24-11-17(12-31(84(71,72)73)35(24)50-52-37-41(80-16-56)53-54(42(37)59)18-1-4-20(5-2-18)81(62,63)64)45-51-36-32(85(74,75)76)14-23-21(38(36)57)6-10-27(40(23)86(77,78)79)48-49-28-15-29(82(65,66)67)22-7-9-26(39(58)33(22)34(28)44)47-46-25-8-3-19(55(60)61)13-30(25)83(68,69)70/h1-16,53,57-58H,44H2,(H,62,63,64)(H,65,66,67)(H,68,69,70)(H,71,72,73)(H,74,75,76)(H,77,78,79). The highest BCUT2D eigenvalue weighted by molar-refractivity contribution is 7.87. The van der Waals surface area contributed by atoms with Gasteiger partial charge in [0.2, 0.25) is 11.6 Å². The topological polar surface area (TPSA) is 599 Å². The van der Waals surface area contributed by atoms with E-state index in [4.69, 9.17) is 22.1 Å². The molecule has 37 nitrogen and oxygen atoms in total. The van der Waals surface area contributed by atoms with Crippen molar-refractivity contribution in [2.45, 2.75) is 29.4 Å². The van der Waals surface area contributed by atoms with Crippen molar-refractivity contribution in [3.05, 3.63) is 116 Å². The van der Waals surface area contributed by atoms with E-state index in [1.165, 1.54) is 0 Å². The molecule has 448 valence electrons. The molecule has 0 unspecified atom stereocenters. The van der Waals surface area contributed by atoms with Crippen LogP contribution in [0.5, 0.6) is 17.4 Å². The molecule has 11 N–H and O–H groups in total. The van der Waals surface area contributed by atoms with Crippen molar-refractivity contribution in [3.63, 3.8) is 0 Å². The van der Waals surface area contributed by atoms with Crippen LogP contribution in [0.1, 0.15) is 0 Å². The van der Waals surface area contributed by atoms with Gasteiger partial charge in [0.1, 0.15) is 58.6 Å². The Hall–Kier alpha value is -9.51. The minimum Gasteiger partial charge on any atom is -0.505 e. The number of benzene rings is 7. The number of hydrogen-bond donors (Lipinski definition) is 10. The van der Waals surface area contributed by atoms with E-state index in [1.807, 2.05) is 0 Å². The number of nitrogen functional groups attached to an aromatic ring is 1. The van der Waals surface area contributed by atoms with Crippen molar-refractivity contribution in [3.8, 4) is 23.1 Å². The molecular weight excluding hydrogens is 1300 g/mol. The first-order valence-electron chi connectivity index (χ1n) is 21.9. The molecule has 0 atom stereocenters. The fraction of sp³-hybridized carbons (Fsp3) is 0. The van der Waals surface area contributed by atoms with Gasteiger partial charge in [-0.3, -0.25) is 52.1 Å². The van der Waals surface area contributed by atoms with Crippen LogP contribution in [0.2, 0.25) is 5.02 Å². The number of aromatic nitrogens is 2. The van der Waals surface area contributed by atoms with Gasteiger partial charge < -0.3 is 20.7 Å². The highest BCUT2D eigenvalue weighted by atomic mass is 35.5. The molecule has 1 aromatic heterocycles. The number of phenols is 2. The summed E-state index contributed by atoms with van der Waals surface area (Å²) >= 11 is 6.31. The predicted octanol–water partition coefficient (Wildman–Crippen LogP) is 7.70. The van der Waals surface area contributed by atoms with Gasteiger partial charge in [-0.25, -0.2) is 4.68 Å². The number of ether oxygens (including phenoxy) is 1. The average Bonchev–Trinajstić information content (AvgIpc) is 0.960. The molecule has 0 spiro atoms. The summed E-state index contributed by atoms with van der Waals surface area (Å²) in [5.41, 5.74) is -3.60. The number of fused-ring (bicyclic) bond motifs is 2. The van der Waals surface area contributed by atoms with Crippen molar-refractivity contribution in [1.29, 1.82) is 0 Å². The Morgan fingerprint density at radius 1 is 0.547 bits per heavy atom. The van der Waals surface area contributed by atoms with Gasteiger partial charge in [-0.1, -0.05) is 17.7 Å². The molecule has 1 heterocycles. The summed E-state index contributed by atoms with van der Waals surface area (Å²) in [6.45, 7) is -0.179. The molecule has 0 aliphatic heterocycles. The maximum absolute atomic E-state index is 13.4. The third-order valence-electron chi connectivity index (χ3n) is 11.4. The van der Waals surface area contributed by atoms with Crippen LogP contribution < -0.4 is 16.0 Å². The number of rotatable bonds is 18. The van der Waals surface area contributed by atoms with Gasteiger partial charge in [-0.2, -0.15) is 55.6 Å². The van der Waals surface area contributed by atoms with Crippen molar-refractivity contribution in [2.24, 2.45) is 40.9 Å². The van der Waals surface area contributed by atoms with Crippen molar-refractivity contribution in [1.82, 2.24) is 9.78 Å². The molecule has 44 heteroatoms. The summed E-state index contributed by atoms with van der Waals surface area (Å²) in [5, 5.41) is 61.5. The number of anilines is 1. The maximum Gasteiger partial charge on any atom is 0.303 e. The Labute approximate surface area is 482 Å². The number of carbonyl (C=O) groups excluding carboxylic acids is 1. The van der Waals surface area contributed by atoms with E-state index >= 15 is 0 Å². The van der Waals surface area contributed by atoms with Gasteiger partial charge in [0.25, 0.3) is 72.9 Å². The van der Waals surface area contributed by atoms with Gasteiger partial charge in [0, 0.05) is 28.3 Å². The smallest absolute Gasteiger partial charge is 0.303 e. The number of phenolic OH excluding ortho intramolecular Hbond substituents is 2. The lowest BCUT2D eigenvalue weighted by molar-refractivity contribution is -0.385. The van der Waals surface area contributed by atoms with Gasteiger partial charge in [-0.15, -0.1) is 35.8 Å². The predicted molar refractivity (Wildman–Crippen MR) is 289 cm³/mol. The van der Waals surface area contributed by atoms with Crippen LogP contribution in [0.4, 0.5) is 56.9 Å². The van der Waals surface area contributed by atoms with Crippen LogP contribution >= 0.6 is 11.6 Å². The number of nitro groups is 1. The molecule has 0 aliphatic carbocycles. The fourth-order valence-electron chi connectivity index (χ4n) is 7.68. The highest BCUT2D eigenvalue weighted by Crippen LogP contribution is 2.49. The van der Waals surface area contributed by atoms with Crippen LogP contribution in [0.25, 0.3) is 27.2 Å². The van der Waals surface area contributed by atoms with Crippen LogP contribution in [-0.4, -0.2) is 109 Å². The number of H-pyrrole nitrogens is 1. The third-order valence-corrected chi connectivity index (χ3v) is 17.0. The molecule has 7 aromatic carbocycles. The summed E-state index contributed by atoms with van der Waals surface area (Å²) < 4.78 is 215. The molecule has 0 fully saturated rings. The number of non-ortho nitro benzene ring substituents is 1. The van der Waals surface area contributed by atoms with Gasteiger partial charge in [0.15, 0.2) is 11.5 Å². The molecule has 0 saturated carbocycles. The normalized spacial score (nSPS) is 13.1. The summed E-state index contributed by atoms with van der Waals surface area (Å²) in [7, 11) is -32.1. The highest BCUT2D eigenvalue weighted by Gasteiger charge is 2.30. The van der Waals surface area contributed by atoms with Crippen LogP contribution in [0.15, 0.2) is 166 Å². The van der Waals surface area contributed by atoms with E-state index in [1.54, 1.807) is 0 Å². The van der Waals surface area contributed by atoms with Gasteiger partial charge >= 0.3 is 5.56 Å². The molecule has 8 aromatic rings. The Kier molecular flexibility index (Phi) is 16.3. The summed E-state index contributed by atoms with van der Waals surface area (Å²) in [6, 6.07) is 11.1. The van der Waals surface area contributed by atoms with Crippen LogP contribution in [0.3, 0.4) is 0 Å². The molecule has 8 rings (SSSR count). The molecule has 0 aliphatic rings. The number of hydrogen-bond acceptors (Lipinski definition) is 28. The van der Waals surface area contributed by atoms with Crippen LogP contribution in [0, 0.1) is 10.1 Å². The third kappa shape index (κ3) is 12.6. The Morgan fingerprint density at radius 2 is 1.08 bits per heavy atom. The monoisotopic (exact) mass is 1330 g/mol. The second kappa shape index (κ2) is 22.5. The van der Waals surface area contributed by atoms with E-state index in [9.17, 15) is 108 Å². The SMILES string of the molecule is Nc1c(N=Nc2ccc3c(O)c(N=Nc4cc(Cl)c(N=Nc5c(OC=O)[nH]n(-c6ccc(S(=O)(=O)O)cc6)c5=O)c(S(=O)(=O)O)c4)c(S(=O)(=O)O)cc3c2S(=O)(=O)O)cc(S(=O)(=O)O)c2ccc(N=Nc3ccc([N+](=O)[O-])cc3S(=O)(=O)O)c(O)c12. The van der Waals surface area contributed by atoms with Crippen molar-refractivity contribution in [2.75, 3.05) is 5.73 Å². The number of aromatic hydroxyl groups is 2. The number of nitrogens with one attached hydrogen (secondary N) is 1. The number of nitro benzene ring substituents is 1. The summed E-state index contributed by atoms with van der Waals surface area (Å²) in [4.78, 5) is 27.9. The zero-order chi connectivity index (χ0) is 63.6. The summed E-state index contributed by atoms with van der Waals surface area (Å²) in [6.07, 6.45) is 0. The zero-order valence-corrected chi connectivity index (χ0v) is 46.8. The van der Waals surface area contributed by atoms with E-state index in [0.29, 0.717) is 35.0 Å². The lowest BCUT2D eigenvalue weighted by Crippen LogP contribution is -2.14. The molecule has 0 saturated heterocycles. The number of azo groups is 4. The lowest BCUT2D eigenvalue weighted by Gasteiger charge is -2.13. The number of aromatic amines is 1. The minimum absolute atomic E-state index is 0.142. The van der Waals surface area contributed by atoms with E-state index < -0.39 is 201 Å².